The summed E-state index contributed by atoms with van der Waals surface area (Å²) in [5, 5.41) is 16.3. The van der Waals surface area contributed by atoms with Gasteiger partial charge in [-0.05, 0) is 24.4 Å². The number of aromatic nitrogens is 4. The first-order chi connectivity index (χ1) is 13.2. The third-order valence-electron chi connectivity index (χ3n) is 4.11. The molecule has 0 aliphatic carbocycles. The molecule has 2 N–H and O–H groups in total. The van der Waals surface area contributed by atoms with Crippen molar-refractivity contribution in [1.82, 2.24) is 19.5 Å². The topological polar surface area (TPSA) is 92.9 Å². The van der Waals surface area contributed by atoms with Crippen LogP contribution >= 0.6 is 11.3 Å². The number of ketones is 1. The number of carbonyl (C=O) groups excluding carboxylic acids is 1. The van der Waals surface area contributed by atoms with Crippen LogP contribution in [-0.2, 0) is 0 Å². The predicted molar refractivity (Wildman–Crippen MR) is 106 cm³/mol. The molecule has 0 fully saturated rings. The molecule has 1 aromatic carbocycles. The van der Waals surface area contributed by atoms with Crippen molar-refractivity contribution in [2.24, 2.45) is 0 Å². The Bertz CT molecular complexity index is 1100. The summed E-state index contributed by atoms with van der Waals surface area (Å²) in [5.41, 5.74) is 3.60. The maximum atomic E-state index is 11.7. The van der Waals surface area contributed by atoms with E-state index in [-0.39, 0.29) is 12.4 Å². The Morgan fingerprint density at radius 2 is 2.19 bits per heavy atom. The van der Waals surface area contributed by atoms with Crippen LogP contribution in [0.5, 0.6) is 0 Å². The normalized spacial score (nSPS) is 11.0. The van der Waals surface area contributed by atoms with Crippen molar-refractivity contribution in [3.63, 3.8) is 0 Å². The highest BCUT2D eigenvalue weighted by Gasteiger charge is 2.16. The van der Waals surface area contributed by atoms with Gasteiger partial charge in [-0.25, -0.2) is 15.0 Å². The maximum Gasteiger partial charge on any atom is 0.170 e. The highest BCUT2D eigenvalue weighted by molar-refractivity contribution is 7.08. The van der Waals surface area contributed by atoms with Crippen LogP contribution in [0.4, 0.5) is 5.82 Å². The van der Waals surface area contributed by atoms with Gasteiger partial charge in [-0.3, -0.25) is 9.36 Å². The summed E-state index contributed by atoms with van der Waals surface area (Å²) in [7, 11) is 0. The van der Waals surface area contributed by atoms with Crippen molar-refractivity contribution in [2.45, 2.75) is 6.92 Å². The van der Waals surface area contributed by atoms with Crippen molar-refractivity contribution in [2.75, 3.05) is 18.5 Å². The monoisotopic (exact) mass is 379 g/mol. The number of nitrogens with zero attached hydrogens (tertiary/aromatic N) is 4. The highest BCUT2D eigenvalue weighted by Crippen LogP contribution is 2.27. The number of aliphatic hydroxyl groups excluding tert-OH is 1. The largest absolute Gasteiger partial charge is 0.395 e. The molecular formula is C19H17N5O2S. The molecule has 3 heterocycles. The van der Waals surface area contributed by atoms with Gasteiger partial charge in [-0.1, -0.05) is 18.2 Å². The van der Waals surface area contributed by atoms with E-state index in [0.717, 1.165) is 11.3 Å². The highest BCUT2D eigenvalue weighted by atomic mass is 32.1. The number of nitrogens with one attached hydrogen (secondary N) is 1. The molecule has 0 amide bonds. The van der Waals surface area contributed by atoms with E-state index in [2.05, 4.69) is 15.3 Å². The Morgan fingerprint density at radius 1 is 1.30 bits per heavy atom. The van der Waals surface area contributed by atoms with Gasteiger partial charge in [-0.15, -0.1) is 0 Å². The molecule has 0 bridgehead atoms. The number of rotatable bonds is 6. The molecule has 27 heavy (non-hydrogen) atoms. The van der Waals surface area contributed by atoms with Crippen molar-refractivity contribution < 1.29 is 9.90 Å². The number of hydrogen-bond acceptors (Lipinski definition) is 7. The summed E-state index contributed by atoms with van der Waals surface area (Å²) >= 11 is 1.59. The second-order valence-corrected chi connectivity index (χ2v) is 6.73. The number of aliphatic hydroxyl groups is 1. The van der Waals surface area contributed by atoms with Crippen molar-refractivity contribution in [1.29, 1.82) is 0 Å². The summed E-state index contributed by atoms with van der Waals surface area (Å²) in [6.07, 6.45) is 1.71. The number of imidazole rings is 1. The molecule has 0 aliphatic heterocycles. The van der Waals surface area contributed by atoms with Crippen LogP contribution in [0, 0.1) is 0 Å². The minimum atomic E-state index is -0.0219. The molecule has 3 aromatic heterocycles. The number of carbonyl (C=O) groups is 1. The Morgan fingerprint density at radius 3 is 2.93 bits per heavy atom. The summed E-state index contributed by atoms with van der Waals surface area (Å²) in [5.74, 6) is 1.02. The Balaban J connectivity index is 1.91. The first-order valence-corrected chi connectivity index (χ1v) is 9.35. The standard InChI is InChI=1S/C19H17N5O2S/c1-12(26)13-3-2-4-14(9-13)17-22-18(20-6-7-25)16-19(23-17)24(11-21-16)15-5-8-27-10-15/h2-5,8-11,25H,6-7H2,1H3,(H,20,22,23). The van der Waals surface area contributed by atoms with Gasteiger partial charge < -0.3 is 10.4 Å². The fraction of sp³-hybridized carbons (Fsp3) is 0.158. The van der Waals surface area contributed by atoms with Crippen LogP contribution in [0.15, 0.2) is 47.4 Å². The van der Waals surface area contributed by atoms with Crippen LogP contribution in [0.3, 0.4) is 0 Å². The lowest BCUT2D eigenvalue weighted by molar-refractivity contribution is 0.101. The van der Waals surface area contributed by atoms with Gasteiger partial charge in [0.1, 0.15) is 6.33 Å². The van der Waals surface area contributed by atoms with Crippen LogP contribution in [0.2, 0.25) is 0 Å². The first kappa shape index (κ1) is 17.3. The first-order valence-electron chi connectivity index (χ1n) is 8.41. The van der Waals surface area contributed by atoms with Gasteiger partial charge in [0.25, 0.3) is 0 Å². The smallest absolute Gasteiger partial charge is 0.170 e. The zero-order valence-electron chi connectivity index (χ0n) is 14.6. The van der Waals surface area contributed by atoms with Gasteiger partial charge in [-0.2, -0.15) is 11.3 Å². The molecule has 0 spiro atoms. The summed E-state index contributed by atoms with van der Waals surface area (Å²) < 4.78 is 1.90. The number of Topliss-reactive ketones (excluding diaryl/α,β-unsaturated/α-hetero) is 1. The molecule has 136 valence electrons. The third-order valence-corrected chi connectivity index (χ3v) is 4.78. The van der Waals surface area contributed by atoms with Crippen LogP contribution in [-0.4, -0.2) is 43.6 Å². The molecule has 4 aromatic rings. The van der Waals surface area contributed by atoms with Gasteiger partial charge in [0.05, 0.1) is 12.3 Å². The van der Waals surface area contributed by atoms with E-state index in [9.17, 15) is 9.90 Å². The van der Waals surface area contributed by atoms with Crippen LogP contribution in [0.25, 0.3) is 28.2 Å². The van der Waals surface area contributed by atoms with Crippen molar-refractivity contribution in [3.8, 4) is 17.1 Å². The van der Waals surface area contributed by atoms with E-state index < -0.39 is 0 Å². The van der Waals surface area contributed by atoms with Gasteiger partial charge >= 0.3 is 0 Å². The lowest BCUT2D eigenvalue weighted by Gasteiger charge is -2.09. The Labute approximate surface area is 159 Å². The lowest BCUT2D eigenvalue weighted by atomic mass is 10.1. The number of anilines is 1. The van der Waals surface area contributed by atoms with E-state index in [0.29, 0.717) is 34.9 Å². The number of thiophene rings is 1. The molecule has 0 unspecified atom stereocenters. The van der Waals surface area contributed by atoms with E-state index in [1.807, 2.05) is 33.5 Å². The molecule has 7 nitrogen and oxygen atoms in total. The average Bonchev–Trinajstić information content (AvgIpc) is 3.35. The zero-order valence-corrected chi connectivity index (χ0v) is 15.4. The molecule has 0 atom stereocenters. The van der Waals surface area contributed by atoms with Gasteiger partial charge in [0.2, 0.25) is 0 Å². The fourth-order valence-electron chi connectivity index (χ4n) is 2.79. The van der Waals surface area contributed by atoms with E-state index >= 15 is 0 Å². The second-order valence-electron chi connectivity index (χ2n) is 5.95. The van der Waals surface area contributed by atoms with Crippen LogP contribution < -0.4 is 5.32 Å². The van der Waals surface area contributed by atoms with Crippen LogP contribution in [0.1, 0.15) is 17.3 Å². The summed E-state index contributed by atoms with van der Waals surface area (Å²) in [4.78, 5) is 25.5. The van der Waals surface area contributed by atoms with Gasteiger partial charge in [0.15, 0.2) is 28.6 Å². The minimum absolute atomic E-state index is 0.0140. The summed E-state index contributed by atoms with van der Waals surface area (Å²) in [6, 6.07) is 9.23. The van der Waals surface area contributed by atoms with E-state index in [1.165, 1.54) is 6.92 Å². The van der Waals surface area contributed by atoms with Crippen molar-refractivity contribution in [3.05, 3.63) is 53.0 Å². The molecule has 4 rings (SSSR count). The Hall–Kier alpha value is -3.10. The molecule has 0 saturated carbocycles. The SMILES string of the molecule is CC(=O)c1cccc(-c2nc(NCCO)c3ncn(-c4ccsc4)c3n2)c1. The third kappa shape index (κ3) is 3.32. The summed E-state index contributed by atoms with van der Waals surface area (Å²) in [6.45, 7) is 1.86. The average molecular weight is 379 g/mol. The molecular weight excluding hydrogens is 362 g/mol. The predicted octanol–water partition coefficient (Wildman–Crippen LogP) is 3.15. The molecule has 0 aliphatic rings. The molecule has 0 saturated heterocycles. The number of fused-ring (bicyclic) bond motifs is 1. The molecule has 8 heteroatoms. The quantitative estimate of drug-likeness (QED) is 0.500. The van der Waals surface area contributed by atoms with Crippen molar-refractivity contribution >= 4 is 34.1 Å². The zero-order chi connectivity index (χ0) is 18.8. The number of benzene rings is 1. The Kier molecular flexibility index (Phi) is 4.66. The fourth-order valence-corrected chi connectivity index (χ4v) is 3.42. The maximum absolute atomic E-state index is 11.7. The van der Waals surface area contributed by atoms with E-state index in [4.69, 9.17) is 4.98 Å². The van der Waals surface area contributed by atoms with E-state index in [1.54, 1.807) is 29.8 Å². The number of hydrogen-bond donors (Lipinski definition) is 2. The lowest BCUT2D eigenvalue weighted by Crippen LogP contribution is -2.09. The molecule has 0 radical (unpaired) electrons. The second kappa shape index (κ2) is 7.26. The minimum Gasteiger partial charge on any atom is -0.395 e. The van der Waals surface area contributed by atoms with Gasteiger partial charge in [0, 0.05) is 23.1 Å².